The Morgan fingerprint density at radius 1 is 1.10 bits per heavy atom. The molecule has 1 fully saturated rings. The molecule has 2 amide bonds. The van der Waals surface area contributed by atoms with Crippen LogP contribution in [-0.2, 0) is 16.1 Å². The number of rotatable bonds is 9. The predicted octanol–water partition coefficient (Wildman–Crippen LogP) is 3.71. The van der Waals surface area contributed by atoms with Gasteiger partial charge in [0, 0.05) is 25.1 Å². The van der Waals surface area contributed by atoms with Crippen LogP contribution in [0.5, 0.6) is 11.5 Å². The van der Waals surface area contributed by atoms with Crippen molar-refractivity contribution in [3.8, 4) is 11.5 Å². The summed E-state index contributed by atoms with van der Waals surface area (Å²) in [5.74, 6) is 0.550. The van der Waals surface area contributed by atoms with Gasteiger partial charge in [0.2, 0.25) is 11.8 Å². The Morgan fingerprint density at radius 2 is 1.87 bits per heavy atom. The van der Waals surface area contributed by atoms with Crippen LogP contribution in [-0.4, -0.2) is 37.5 Å². The molecule has 30 heavy (non-hydrogen) atoms. The smallest absolute Gasteiger partial charge is 0.226 e. The number of amides is 2. The minimum absolute atomic E-state index is 0.00168. The van der Waals surface area contributed by atoms with Crippen LogP contribution < -0.4 is 14.8 Å². The first-order valence-corrected chi connectivity index (χ1v) is 10.4. The minimum atomic E-state index is -0.487. The third kappa shape index (κ3) is 4.58. The molecule has 0 aliphatic carbocycles. The number of nitrogens with zero attached hydrogens (tertiary/aromatic N) is 1. The van der Waals surface area contributed by atoms with E-state index in [0.29, 0.717) is 24.6 Å². The molecule has 0 saturated carbocycles. The summed E-state index contributed by atoms with van der Waals surface area (Å²) >= 11 is 0. The van der Waals surface area contributed by atoms with Crippen molar-refractivity contribution in [3.63, 3.8) is 0 Å². The molecule has 1 heterocycles. The van der Waals surface area contributed by atoms with Crippen molar-refractivity contribution >= 4 is 11.8 Å². The number of nitrogens with one attached hydrogen (secondary N) is 1. The monoisotopic (exact) mass is 410 g/mol. The first kappa shape index (κ1) is 21.7. The molecule has 2 aromatic carbocycles. The molecule has 0 unspecified atom stereocenters. The normalized spacial score (nSPS) is 18.4. The number of carbonyl (C=O) groups excluding carboxylic acids is 2. The molecule has 0 spiro atoms. The third-order valence-electron chi connectivity index (χ3n) is 5.58. The van der Waals surface area contributed by atoms with Crippen LogP contribution in [0, 0.1) is 5.92 Å². The lowest BCUT2D eigenvalue weighted by Crippen LogP contribution is -2.36. The largest absolute Gasteiger partial charge is 0.493 e. The highest BCUT2D eigenvalue weighted by molar-refractivity contribution is 5.90. The van der Waals surface area contributed by atoms with Crippen LogP contribution >= 0.6 is 0 Å². The molecular weight excluding hydrogens is 380 g/mol. The summed E-state index contributed by atoms with van der Waals surface area (Å²) < 4.78 is 11.1. The van der Waals surface area contributed by atoms with E-state index in [4.69, 9.17) is 9.47 Å². The zero-order valence-corrected chi connectivity index (χ0v) is 17.9. The van der Waals surface area contributed by atoms with Crippen LogP contribution in [0.1, 0.15) is 43.4 Å². The van der Waals surface area contributed by atoms with Crippen LogP contribution in [0.15, 0.2) is 48.5 Å². The maximum absolute atomic E-state index is 13.2. The number of benzene rings is 2. The lowest BCUT2D eigenvalue weighted by atomic mass is 9.91. The topological polar surface area (TPSA) is 67.9 Å². The molecule has 1 saturated heterocycles. The highest BCUT2D eigenvalue weighted by Crippen LogP contribution is 2.45. The molecule has 2 aromatic rings. The van der Waals surface area contributed by atoms with E-state index in [2.05, 4.69) is 12.2 Å². The van der Waals surface area contributed by atoms with Crippen molar-refractivity contribution in [2.45, 2.75) is 38.8 Å². The van der Waals surface area contributed by atoms with E-state index in [1.54, 1.807) is 14.2 Å². The molecule has 1 N–H and O–H groups in total. The maximum Gasteiger partial charge on any atom is 0.226 e. The van der Waals surface area contributed by atoms with Gasteiger partial charge < -0.3 is 19.7 Å². The van der Waals surface area contributed by atoms with Crippen molar-refractivity contribution in [2.75, 3.05) is 20.8 Å². The predicted molar refractivity (Wildman–Crippen MR) is 115 cm³/mol. The zero-order chi connectivity index (χ0) is 21.5. The second kappa shape index (κ2) is 10.1. The summed E-state index contributed by atoms with van der Waals surface area (Å²) in [7, 11) is 3.17. The molecule has 2 atom stereocenters. The Bertz CT molecular complexity index is 869. The van der Waals surface area contributed by atoms with Crippen LogP contribution in [0.4, 0.5) is 0 Å². The second-order valence-electron chi connectivity index (χ2n) is 7.48. The first-order valence-electron chi connectivity index (χ1n) is 10.4. The average molecular weight is 411 g/mol. The minimum Gasteiger partial charge on any atom is -0.493 e. The molecule has 6 nitrogen and oxygen atoms in total. The molecule has 1 aliphatic rings. The number of unbranched alkanes of at least 4 members (excludes halogenated alkanes) is 1. The number of carbonyl (C=O) groups is 2. The van der Waals surface area contributed by atoms with Gasteiger partial charge >= 0.3 is 0 Å². The SMILES string of the molecule is CCCCN1C(=O)C[C@@H](C(=O)NCc2ccccc2)[C@H]1c1cccc(OC)c1OC. The highest BCUT2D eigenvalue weighted by Gasteiger charge is 2.45. The van der Waals surface area contributed by atoms with Gasteiger partial charge in [-0.2, -0.15) is 0 Å². The van der Waals surface area contributed by atoms with Gasteiger partial charge in [-0.3, -0.25) is 9.59 Å². The number of para-hydroxylation sites is 1. The van der Waals surface area contributed by atoms with E-state index in [0.717, 1.165) is 24.0 Å². The summed E-state index contributed by atoms with van der Waals surface area (Å²) in [6, 6.07) is 15.0. The van der Waals surface area contributed by atoms with Gasteiger partial charge in [0.15, 0.2) is 11.5 Å². The number of likely N-dealkylation sites (tertiary alicyclic amines) is 1. The van der Waals surface area contributed by atoms with Gasteiger partial charge in [-0.05, 0) is 18.1 Å². The van der Waals surface area contributed by atoms with Crippen LogP contribution in [0.25, 0.3) is 0 Å². The third-order valence-corrected chi connectivity index (χ3v) is 5.58. The van der Waals surface area contributed by atoms with Gasteiger partial charge in [0.1, 0.15) is 0 Å². The summed E-state index contributed by atoms with van der Waals surface area (Å²) in [6.07, 6.45) is 2.04. The molecule has 0 aromatic heterocycles. The molecule has 0 radical (unpaired) electrons. The fourth-order valence-electron chi connectivity index (χ4n) is 4.06. The van der Waals surface area contributed by atoms with Crippen molar-refractivity contribution in [1.82, 2.24) is 10.2 Å². The Labute approximate surface area is 178 Å². The van der Waals surface area contributed by atoms with E-state index in [1.165, 1.54) is 0 Å². The Kier molecular flexibility index (Phi) is 7.33. The van der Waals surface area contributed by atoms with Gasteiger partial charge in [0.25, 0.3) is 0 Å². The summed E-state index contributed by atoms with van der Waals surface area (Å²) in [4.78, 5) is 27.9. The van der Waals surface area contributed by atoms with Gasteiger partial charge in [-0.1, -0.05) is 55.8 Å². The van der Waals surface area contributed by atoms with E-state index >= 15 is 0 Å². The fourth-order valence-corrected chi connectivity index (χ4v) is 4.06. The van der Waals surface area contributed by atoms with E-state index in [-0.39, 0.29) is 24.3 Å². The van der Waals surface area contributed by atoms with E-state index in [1.807, 2.05) is 53.4 Å². The molecule has 3 rings (SSSR count). The van der Waals surface area contributed by atoms with Crippen molar-refractivity contribution in [1.29, 1.82) is 0 Å². The van der Waals surface area contributed by atoms with Gasteiger partial charge in [-0.25, -0.2) is 0 Å². The zero-order valence-electron chi connectivity index (χ0n) is 17.9. The quantitative estimate of drug-likeness (QED) is 0.684. The lowest BCUT2D eigenvalue weighted by Gasteiger charge is -2.30. The number of ether oxygens (including phenoxy) is 2. The lowest BCUT2D eigenvalue weighted by molar-refractivity contribution is -0.129. The summed E-state index contributed by atoms with van der Waals surface area (Å²) in [6.45, 7) is 3.13. The van der Waals surface area contributed by atoms with Gasteiger partial charge in [0.05, 0.1) is 26.2 Å². The van der Waals surface area contributed by atoms with Gasteiger partial charge in [-0.15, -0.1) is 0 Å². The maximum atomic E-state index is 13.2. The second-order valence-corrected chi connectivity index (χ2v) is 7.48. The Hall–Kier alpha value is -3.02. The van der Waals surface area contributed by atoms with E-state index in [9.17, 15) is 9.59 Å². The summed E-state index contributed by atoms with van der Waals surface area (Å²) in [5, 5.41) is 3.01. The average Bonchev–Trinajstić information content (AvgIpc) is 3.11. The highest BCUT2D eigenvalue weighted by atomic mass is 16.5. The van der Waals surface area contributed by atoms with Crippen molar-refractivity contribution in [2.24, 2.45) is 5.92 Å². The Morgan fingerprint density at radius 3 is 2.53 bits per heavy atom. The van der Waals surface area contributed by atoms with Crippen LogP contribution in [0.3, 0.4) is 0 Å². The standard InChI is InChI=1S/C24H30N2O4/c1-4-5-14-26-21(27)15-19(24(28)25-16-17-10-7-6-8-11-17)22(26)18-12-9-13-20(29-2)23(18)30-3/h6-13,19,22H,4-5,14-16H2,1-3H3,(H,25,28)/t19-,22-/m1/s1. The first-order chi connectivity index (χ1) is 14.6. The van der Waals surface area contributed by atoms with E-state index < -0.39 is 5.92 Å². The van der Waals surface area contributed by atoms with Crippen molar-refractivity contribution < 1.29 is 19.1 Å². The molecule has 160 valence electrons. The van der Waals surface area contributed by atoms with Crippen LogP contribution in [0.2, 0.25) is 0 Å². The molecule has 0 bridgehead atoms. The number of methoxy groups -OCH3 is 2. The Balaban J connectivity index is 1.91. The summed E-state index contributed by atoms with van der Waals surface area (Å²) in [5.41, 5.74) is 1.83. The number of hydrogen-bond acceptors (Lipinski definition) is 4. The molecule has 1 aliphatic heterocycles. The molecular formula is C24H30N2O4. The van der Waals surface area contributed by atoms with Crippen molar-refractivity contribution in [3.05, 3.63) is 59.7 Å². The number of hydrogen-bond donors (Lipinski definition) is 1. The fraction of sp³-hybridized carbons (Fsp3) is 0.417. The molecule has 6 heteroatoms.